The van der Waals surface area contributed by atoms with Gasteiger partial charge in [-0.1, -0.05) is 26.7 Å². The van der Waals surface area contributed by atoms with Crippen molar-refractivity contribution in [2.45, 2.75) is 59.3 Å². The smallest absolute Gasteiger partial charge is 0.145 e. The lowest BCUT2D eigenvalue weighted by molar-refractivity contribution is -0.128. The Balaban J connectivity index is 2.21. The third-order valence-corrected chi connectivity index (χ3v) is 5.57. The average molecular weight is 341 g/mol. The summed E-state index contributed by atoms with van der Waals surface area (Å²) in [6.45, 7) is 6.41. The number of hydrogen-bond acceptors (Lipinski definition) is 2. The molecule has 0 amide bonds. The minimum Gasteiger partial charge on any atom is -0.299 e. The zero-order valence-electron chi connectivity index (χ0n) is 13.0. The molecule has 0 radical (unpaired) electrons. The summed E-state index contributed by atoms with van der Waals surface area (Å²) in [5.74, 6) is 0.987. The van der Waals surface area contributed by atoms with Gasteiger partial charge in [-0.15, -0.1) is 0 Å². The Hall–Kier alpha value is -0.640. The molecule has 0 spiro atoms. The third-order valence-electron chi connectivity index (χ3n) is 4.54. The number of ketones is 1. The van der Waals surface area contributed by atoms with E-state index in [1.165, 1.54) is 12.8 Å². The van der Waals surface area contributed by atoms with Crippen molar-refractivity contribution in [3.63, 3.8) is 0 Å². The molecule has 3 nitrogen and oxygen atoms in total. The zero-order valence-corrected chi connectivity index (χ0v) is 14.6. The number of hydrogen-bond donors (Lipinski definition) is 0. The molecule has 0 aliphatic heterocycles. The number of halogens is 1. The molecule has 2 rings (SSSR count). The van der Waals surface area contributed by atoms with Gasteiger partial charge in [0.1, 0.15) is 5.78 Å². The van der Waals surface area contributed by atoms with Crippen molar-refractivity contribution in [1.29, 1.82) is 0 Å². The Morgan fingerprint density at radius 2 is 2.00 bits per heavy atom. The first kappa shape index (κ1) is 15.7. The van der Waals surface area contributed by atoms with Crippen molar-refractivity contribution in [1.82, 2.24) is 9.78 Å². The quantitative estimate of drug-likeness (QED) is 0.804. The van der Waals surface area contributed by atoms with Crippen LogP contribution in [0.3, 0.4) is 0 Å². The molecule has 0 bridgehead atoms. The minimum atomic E-state index is -0.0776. The van der Waals surface area contributed by atoms with Gasteiger partial charge in [0, 0.05) is 12.5 Å². The van der Waals surface area contributed by atoms with E-state index >= 15 is 0 Å². The molecule has 1 aromatic heterocycles. The second-order valence-electron chi connectivity index (χ2n) is 6.66. The van der Waals surface area contributed by atoms with Crippen LogP contribution in [0.1, 0.15) is 57.3 Å². The molecule has 1 heterocycles. The lowest BCUT2D eigenvalue weighted by Crippen LogP contribution is -2.31. The third kappa shape index (κ3) is 3.00. The summed E-state index contributed by atoms with van der Waals surface area (Å²) in [5, 5.41) is 4.39. The number of aromatic nitrogens is 2. The summed E-state index contributed by atoms with van der Waals surface area (Å²) < 4.78 is 2.83. The number of nitrogens with zero attached hydrogens (tertiary/aromatic N) is 2. The van der Waals surface area contributed by atoms with E-state index < -0.39 is 0 Å². The van der Waals surface area contributed by atoms with Crippen molar-refractivity contribution >= 4 is 21.7 Å². The van der Waals surface area contributed by atoms with Crippen molar-refractivity contribution in [3.05, 3.63) is 15.9 Å². The van der Waals surface area contributed by atoms with Crippen LogP contribution in [-0.2, 0) is 18.3 Å². The highest BCUT2D eigenvalue weighted by Gasteiger charge is 2.41. The van der Waals surface area contributed by atoms with Crippen LogP contribution >= 0.6 is 15.9 Å². The van der Waals surface area contributed by atoms with Gasteiger partial charge in [0.25, 0.3) is 0 Å². The monoisotopic (exact) mass is 340 g/mol. The van der Waals surface area contributed by atoms with Crippen LogP contribution in [0, 0.1) is 18.3 Å². The van der Waals surface area contributed by atoms with Gasteiger partial charge in [-0.05, 0) is 48.0 Å². The summed E-state index contributed by atoms with van der Waals surface area (Å²) in [6, 6.07) is 0. The summed E-state index contributed by atoms with van der Waals surface area (Å²) in [5.41, 5.74) is 1.90. The maximum absolute atomic E-state index is 12.9. The van der Waals surface area contributed by atoms with E-state index in [1.54, 1.807) is 0 Å². The number of rotatable bonds is 5. The van der Waals surface area contributed by atoms with Crippen molar-refractivity contribution in [3.8, 4) is 0 Å². The van der Waals surface area contributed by atoms with Gasteiger partial charge in [-0.25, -0.2) is 0 Å². The molecule has 4 heteroatoms. The predicted octanol–water partition coefficient (Wildman–Crippen LogP) is 4.21. The minimum absolute atomic E-state index is 0.0776. The van der Waals surface area contributed by atoms with Crippen molar-refractivity contribution in [2.24, 2.45) is 18.4 Å². The molecule has 0 N–H and O–H groups in total. The number of Topliss-reactive ketones (excluding diaryl/α,β-unsaturated/α-hetero) is 1. The first-order chi connectivity index (χ1) is 9.35. The van der Waals surface area contributed by atoms with E-state index in [1.807, 2.05) is 18.7 Å². The SMILES string of the molecule is Cc1nn(C)c(CC(=O)C2(CC(C)C)CCCC2)c1Br. The summed E-state index contributed by atoms with van der Waals surface area (Å²) in [6.07, 6.45) is 6.07. The van der Waals surface area contributed by atoms with Gasteiger partial charge in [-0.3, -0.25) is 9.48 Å². The lowest BCUT2D eigenvalue weighted by Gasteiger charge is -2.29. The molecule has 1 aliphatic carbocycles. The number of carbonyl (C=O) groups is 1. The van der Waals surface area contributed by atoms with Gasteiger partial charge >= 0.3 is 0 Å². The summed E-state index contributed by atoms with van der Waals surface area (Å²) in [7, 11) is 1.92. The molecular weight excluding hydrogens is 316 g/mol. The first-order valence-electron chi connectivity index (χ1n) is 7.57. The fourth-order valence-electron chi connectivity index (χ4n) is 3.64. The molecule has 20 heavy (non-hydrogen) atoms. The standard InChI is InChI=1S/C16H25BrN2O/c1-11(2)10-16(7-5-6-8-16)14(20)9-13-15(17)12(3)18-19(13)4/h11H,5-10H2,1-4H3. The van der Waals surface area contributed by atoms with Crippen LogP contribution in [0.2, 0.25) is 0 Å². The van der Waals surface area contributed by atoms with Gasteiger partial charge in [0.15, 0.2) is 0 Å². The molecule has 1 fully saturated rings. The highest BCUT2D eigenvalue weighted by Crippen LogP contribution is 2.44. The maximum atomic E-state index is 12.9. The molecule has 0 saturated heterocycles. The number of aryl methyl sites for hydroxylation is 2. The van der Waals surface area contributed by atoms with Crippen LogP contribution < -0.4 is 0 Å². The number of carbonyl (C=O) groups excluding carboxylic acids is 1. The Bertz CT molecular complexity index is 499. The summed E-state index contributed by atoms with van der Waals surface area (Å²) >= 11 is 3.57. The van der Waals surface area contributed by atoms with Crippen LogP contribution in [0.25, 0.3) is 0 Å². The van der Waals surface area contributed by atoms with Gasteiger partial charge in [0.05, 0.1) is 22.3 Å². The second kappa shape index (κ2) is 6.00. The largest absolute Gasteiger partial charge is 0.299 e. The summed E-state index contributed by atoms with van der Waals surface area (Å²) in [4.78, 5) is 12.9. The Labute approximate surface area is 130 Å². The molecule has 0 aromatic carbocycles. The molecule has 112 valence electrons. The van der Waals surface area contributed by atoms with Gasteiger partial charge < -0.3 is 0 Å². The van der Waals surface area contributed by atoms with E-state index in [4.69, 9.17) is 0 Å². The van der Waals surface area contributed by atoms with E-state index in [0.717, 1.165) is 35.1 Å². The van der Waals surface area contributed by atoms with Crippen LogP contribution in [0.4, 0.5) is 0 Å². The fourth-order valence-corrected chi connectivity index (χ4v) is 4.12. The van der Waals surface area contributed by atoms with Crippen LogP contribution in [0.15, 0.2) is 4.47 Å². The predicted molar refractivity (Wildman–Crippen MR) is 84.7 cm³/mol. The fraction of sp³-hybridized carbons (Fsp3) is 0.750. The Kier molecular flexibility index (Phi) is 4.73. The van der Waals surface area contributed by atoms with E-state index in [0.29, 0.717) is 18.1 Å². The van der Waals surface area contributed by atoms with Gasteiger partial charge in [-0.2, -0.15) is 5.10 Å². The molecule has 0 unspecified atom stereocenters. The molecule has 1 saturated carbocycles. The van der Waals surface area contributed by atoms with Crippen molar-refractivity contribution < 1.29 is 4.79 Å². The Morgan fingerprint density at radius 1 is 1.40 bits per heavy atom. The highest BCUT2D eigenvalue weighted by molar-refractivity contribution is 9.10. The van der Waals surface area contributed by atoms with Crippen LogP contribution in [-0.4, -0.2) is 15.6 Å². The molecule has 1 aliphatic rings. The van der Waals surface area contributed by atoms with Crippen LogP contribution in [0.5, 0.6) is 0 Å². The maximum Gasteiger partial charge on any atom is 0.145 e. The highest BCUT2D eigenvalue weighted by atomic mass is 79.9. The van der Waals surface area contributed by atoms with E-state index in [9.17, 15) is 4.79 Å². The molecular formula is C16H25BrN2O. The average Bonchev–Trinajstić information content (AvgIpc) is 2.90. The van der Waals surface area contributed by atoms with Crippen molar-refractivity contribution in [2.75, 3.05) is 0 Å². The first-order valence-corrected chi connectivity index (χ1v) is 8.36. The van der Waals surface area contributed by atoms with Gasteiger partial charge in [0.2, 0.25) is 0 Å². The topological polar surface area (TPSA) is 34.9 Å². The second-order valence-corrected chi connectivity index (χ2v) is 7.45. The molecule has 0 atom stereocenters. The normalized spacial score (nSPS) is 17.9. The molecule has 1 aromatic rings. The zero-order chi connectivity index (χ0) is 14.9. The van der Waals surface area contributed by atoms with E-state index in [-0.39, 0.29) is 5.41 Å². The van der Waals surface area contributed by atoms with E-state index in [2.05, 4.69) is 34.9 Å². The lowest BCUT2D eigenvalue weighted by atomic mass is 9.74. The Morgan fingerprint density at radius 3 is 2.45 bits per heavy atom.